The van der Waals surface area contributed by atoms with Crippen molar-refractivity contribution in [1.29, 1.82) is 0 Å². The van der Waals surface area contributed by atoms with Crippen LogP contribution in [0.5, 0.6) is 0 Å². The molecule has 0 amide bonds. The van der Waals surface area contributed by atoms with E-state index in [0.29, 0.717) is 12.1 Å². The number of unbranched alkanes of at least 4 members (excludes halogenated alkanes) is 1. The fraction of sp³-hybridized carbons (Fsp3) is 0.467. The standard InChI is InChI=1S/C15H21NO3/c1-3-4-9-16-13(10-14(17)18)15(19)12-7-5-11(2)6-8-12/h5-8,13,16H,3-4,9-10H2,1-2H3,(H,17,18). The number of Topliss-reactive ketones (excluding diaryl/α,β-unsaturated/α-hetero) is 1. The van der Waals surface area contributed by atoms with Gasteiger partial charge in [0.25, 0.3) is 0 Å². The van der Waals surface area contributed by atoms with Crippen LogP contribution in [-0.4, -0.2) is 29.4 Å². The molecule has 0 heterocycles. The highest BCUT2D eigenvalue weighted by Crippen LogP contribution is 2.09. The van der Waals surface area contributed by atoms with E-state index in [-0.39, 0.29) is 12.2 Å². The molecule has 4 heteroatoms. The Hall–Kier alpha value is -1.68. The van der Waals surface area contributed by atoms with Crippen LogP contribution in [0.25, 0.3) is 0 Å². The lowest BCUT2D eigenvalue weighted by Gasteiger charge is -2.15. The summed E-state index contributed by atoms with van der Waals surface area (Å²) in [5.74, 6) is -1.12. The molecule has 0 spiro atoms. The van der Waals surface area contributed by atoms with Crippen LogP contribution < -0.4 is 5.32 Å². The van der Waals surface area contributed by atoms with E-state index in [1.165, 1.54) is 0 Å². The number of ketones is 1. The number of aryl methyl sites for hydroxylation is 1. The molecule has 4 nitrogen and oxygen atoms in total. The summed E-state index contributed by atoms with van der Waals surface area (Å²) >= 11 is 0. The molecule has 1 aromatic rings. The van der Waals surface area contributed by atoms with E-state index in [2.05, 4.69) is 12.2 Å². The molecule has 0 aromatic heterocycles. The Morgan fingerprint density at radius 2 is 1.89 bits per heavy atom. The maximum atomic E-state index is 12.3. The lowest BCUT2D eigenvalue weighted by Crippen LogP contribution is -2.39. The minimum absolute atomic E-state index is 0.154. The SMILES string of the molecule is CCCCNC(CC(=O)O)C(=O)c1ccc(C)cc1. The van der Waals surface area contributed by atoms with Gasteiger partial charge in [-0.15, -0.1) is 0 Å². The molecule has 0 fully saturated rings. The zero-order valence-corrected chi connectivity index (χ0v) is 11.5. The van der Waals surface area contributed by atoms with E-state index >= 15 is 0 Å². The van der Waals surface area contributed by atoms with Gasteiger partial charge in [0.15, 0.2) is 5.78 Å². The summed E-state index contributed by atoms with van der Waals surface area (Å²) in [4.78, 5) is 23.1. The van der Waals surface area contributed by atoms with Crippen molar-refractivity contribution >= 4 is 11.8 Å². The van der Waals surface area contributed by atoms with E-state index < -0.39 is 12.0 Å². The lowest BCUT2D eigenvalue weighted by atomic mass is 10.0. The number of benzene rings is 1. The third kappa shape index (κ3) is 5.22. The fourth-order valence-corrected chi connectivity index (χ4v) is 1.80. The number of aliphatic carboxylic acids is 1. The van der Waals surface area contributed by atoms with Crippen LogP contribution in [0.1, 0.15) is 42.1 Å². The number of rotatable bonds is 8. The van der Waals surface area contributed by atoms with Crippen molar-refractivity contribution in [3.05, 3.63) is 35.4 Å². The van der Waals surface area contributed by atoms with E-state index in [0.717, 1.165) is 18.4 Å². The second kappa shape index (κ2) is 7.69. The molecule has 2 N–H and O–H groups in total. The lowest BCUT2D eigenvalue weighted by molar-refractivity contribution is -0.137. The Labute approximate surface area is 113 Å². The van der Waals surface area contributed by atoms with E-state index in [1.807, 2.05) is 19.1 Å². The predicted molar refractivity (Wildman–Crippen MR) is 74.5 cm³/mol. The monoisotopic (exact) mass is 263 g/mol. The molecule has 1 atom stereocenters. The number of carboxylic acid groups (broad SMARTS) is 1. The van der Waals surface area contributed by atoms with Crippen LogP contribution in [-0.2, 0) is 4.79 Å². The quantitative estimate of drug-likeness (QED) is 0.558. The van der Waals surface area contributed by atoms with Gasteiger partial charge in [-0.1, -0.05) is 43.2 Å². The first kappa shape index (κ1) is 15.4. The molecule has 0 saturated carbocycles. The Kier molecular flexibility index (Phi) is 6.22. The average Bonchev–Trinajstić information content (AvgIpc) is 2.37. The Balaban J connectivity index is 2.74. The van der Waals surface area contributed by atoms with E-state index in [1.54, 1.807) is 12.1 Å². The summed E-state index contributed by atoms with van der Waals surface area (Å²) in [6.45, 7) is 4.66. The van der Waals surface area contributed by atoms with Crippen LogP contribution in [0, 0.1) is 6.92 Å². The third-order valence-electron chi connectivity index (χ3n) is 2.95. The van der Waals surface area contributed by atoms with Crippen LogP contribution in [0.15, 0.2) is 24.3 Å². The first-order valence-corrected chi connectivity index (χ1v) is 6.60. The minimum atomic E-state index is -0.963. The highest BCUT2D eigenvalue weighted by molar-refractivity contribution is 6.01. The second-order valence-electron chi connectivity index (χ2n) is 4.69. The number of nitrogens with one attached hydrogen (secondary N) is 1. The Morgan fingerprint density at radius 1 is 1.26 bits per heavy atom. The highest BCUT2D eigenvalue weighted by Gasteiger charge is 2.22. The summed E-state index contributed by atoms with van der Waals surface area (Å²) in [6, 6.07) is 6.56. The highest BCUT2D eigenvalue weighted by atomic mass is 16.4. The first-order chi connectivity index (χ1) is 9.04. The predicted octanol–water partition coefficient (Wildman–Crippen LogP) is 2.41. The number of carbonyl (C=O) groups is 2. The van der Waals surface area contributed by atoms with Gasteiger partial charge in [0.1, 0.15) is 0 Å². The van der Waals surface area contributed by atoms with Crippen molar-refractivity contribution in [2.24, 2.45) is 0 Å². The Bertz CT molecular complexity index is 426. The second-order valence-corrected chi connectivity index (χ2v) is 4.69. The number of hydrogen-bond acceptors (Lipinski definition) is 3. The zero-order chi connectivity index (χ0) is 14.3. The van der Waals surface area contributed by atoms with Gasteiger partial charge in [-0.25, -0.2) is 0 Å². The van der Waals surface area contributed by atoms with Crippen LogP contribution >= 0.6 is 0 Å². The van der Waals surface area contributed by atoms with Gasteiger partial charge in [0.2, 0.25) is 0 Å². The summed E-state index contributed by atoms with van der Waals surface area (Å²) in [5, 5.41) is 11.9. The zero-order valence-electron chi connectivity index (χ0n) is 11.5. The van der Waals surface area contributed by atoms with Crippen LogP contribution in [0.2, 0.25) is 0 Å². The van der Waals surface area contributed by atoms with Gasteiger partial charge in [0, 0.05) is 5.56 Å². The van der Waals surface area contributed by atoms with Crippen molar-refractivity contribution in [2.45, 2.75) is 39.2 Å². The fourth-order valence-electron chi connectivity index (χ4n) is 1.80. The summed E-state index contributed by atoms with van der Waals surface area (Å²) < 4.78 is 0. The summed E-state index contributed by atoms with van der Waals surface area (Å²) in [5.41, 5.74) is 1.63. The molecule has 1 rings (SSSR count). The molecule has 0 bridgehead atoms. The molecular weight excluding hydrogens is 242 g/mol. The largest absolute Gasteiger partial charge is 0.481 e. The van der Waals surface area contributed by atoms with Crippen LogP contribution in [0.4, 0.5) is 0 Å². The minimum Gasteiger partial charge on any atom is -0.481 e. The molecule has 104 valence electrons. The molecule has 19 heavy (non-hydrogen) atoms. The van der Waals surface area contributed by atoms with Gasteiger partial charge in [-0.05, 0) is 19.9 Å². The number of hydrogen-bond donors (Lipinski definition) is 2. The van der Waals surface area contributed by atoms with E-state index in [4.69, 9.17) is 5.11 Å². The topological polar surface area (TPSA) is 66.4 Å². The molecule has 0 radical (unpaired) electrons. The van der Waals surface area contributed by atoms with Gasteiger partial charge in [-0.3, -0.25) is 9.59 Å². The van der Waals surface area contributed by atoms with Crippen molar-refractivity contribution in [3.63, 3.8) is 0 Å². The molecular formula is C15H21NO3. The van der Waals surface area contributed by atoms with Crippen molar-refractivity contribution in [1.82, 2.24) is 5.32 Å². The molecule has 1 aromatic carbocycles. The molecule has 0 aliphatic carbocycles. The molecule has 0 aliphatic heterocycles. The normalized spacial score (nSPS) is 12.1. The van der Waals surface area contributed by atoms with Gasteiger partial charge >= 0.3 is 5.97 Å². The van der Waals surface area contributed by atoms with E-state index in [9.17, 15) is 9.59 Å². The molecule has 0 aliphatic rings. The molecule has 0 saturated heterocycles. The van der Waals surface area contributed by atoms with Gasteiger partial charge in [0.05, 0.1) is 12.5 Å². The van der Waals surface area contributed by atoms with Crippen molar-refractivity contribution in [2.75, 3.05) is 6.54 Å². The van der Waals surface area contributed by atoms with Gasteiger partial charge in [-0.2, -0.15) is 0 Å². The maximum absolute atomic E-state index is 12.3. The average molecular weight is 263 g/mol. The Morgan fingerprint density at radius 3 is 2.42 bits per heavy atom. The maximum Gasteiger partial charge on any atom is 0.305 e. The van der Waals surface area contributed by atoms with Crippen LogP contribution in [0.3, 0.4) is 0 Å². The third-order valence-corrected chi connectivity index (χ3v) is 2.95. The number of carboxylic acids is 1. The summed E-state index contributed by atoms with van der Waals surface area (Å²) in [7, 11) is 0. The van der Waals surface area contributed by atoms with Crippen molar-refractivity contribution in [3.8, 4) is 0 Å². The first-order valence-electron chi connectivity index (χ1n) is 6.60. The molecule has 1 unspecified atom stereocenters. The number of carbonyl (C=O) groups excluding carboxylic acids is 1. The van der Waals surface area contributed by atoms with Gasteiger partial charge < -0.3 is 10.4 Å². The smallest absolute Gasteiger partial charge is 0.305 e. The summed E-state index contributed by atoms with van der Waals surface area (Å²) in [6.07, 6.45) is 1.75. The van der Waals surface area contributed by atoms with Crippen molar-refractivity contribution < 1.29 is 14.7 Å².